The molecule has 0 saturated carbocycles. The maximum atomic E-state index is 12.3. The second-order valence-corrected chi connectivity index (χ2v) is 6.79. The molecule has 27 heavy (non-hydrogen) atoms. The van der Waals surface area contributed by atoms with Crippen molar-refractivity contribution < 1.29 is 14.2 Å². The van der Waals surface area contributed by atoms with E-state index in [1.807, 2.05) is 0 Å². The van der Waals surface area contributed by atoms with Crippen LogP contribution >= 0.6 is 0 Å². The molecule has 2 aromatic rings. The normalized spacial score (nSPS) is 17.4. The van der Waals surface area contributed by atoms with Crippen LogP contribution in [-0.2, 0) is 16.0 Å². The maximum Gasteiger partial charge on any atom is 0.327 e. The summed E-state index contributed by atoms with van der Waals surface area (Å²) in [5, 5.41) is 0. The molecular formula is C18H29N5O4. The van der Waals surface area contributed by atoms with Crippen molar-refractivity contribution in [1.82, 2.24) is 19.5 Å². The Morgan fingerprint density at radius 1 is 1.30 bits per heavy atom. The minimum atomic E-state index is -0.257. The molecule has 150 valence electrons. The van der Waals surface area contributed by atoms with Gasteiger partial charge in [0.15, 0.2) is 11.5 Å². The SMILES string of the molecule is CCCCOc1nc(N)c2[nH]c(=O)n(CCCOCC3CCCCO3)c2n1. The Hall–Kier alpha value is -2.13. The molecule has 0 aliphatic carbocycles. The molecule has 0 bridgehead atoms. The lowest BCUT2D eigenvalue weighted by atomic mass is 10.1. The highest BCUT2D eigenvalue weighted by Gasteiger charge is 2.15. The largest absolute Gasteiger partial charge is 0.463 e. The van der Waals surface area contributed by atoms with E-state index in [-0.39, 0.29) is 23.6 Å². The third kappa shape index (κ3) is 5.20. The average Bonchev–Trinajstić information content (AvgIpc) is 2.99. The number of hydrogen-bond donors (Lipinski definition) is 2. The van der Waals surface area contributed by atoms with E-state index in [9.17, 15) is 4.79 Å². The molecule has 0 radical (unpaired) electrons. The molecule has 1 fully saturated rings. The summed E-state index contributed by atoms with van der Waals surface area (Å²) >= 11 is 0. The standard InChI is InChI=1S/C18H29N5O4/c1-2-3-10-27-17-21-15(19)14-16(22-17)23(18(24)20-14)8-6-9-25-12-13-7-4-5-11-26-13/h13H,2-12H2,1H3,(H,20,24)(H2,19,21,22). The molecule has 0 amide bonds. The number of nitrogen functional groups attached to an aromatic ring is 1. The fraction of sp³-hybridized carbons (Fsp3) is 0.722. The van der Waals surface area contributed by atoms with Crippen molar-refractivity contribution in [2.45, 2.75) is 58.1 Å². The third-order valence-corrected chi connectivity index (χ3v) is 4.61. The van der Waals surface area contributed by atoms with Crippen LogP contribution in [0, 0.1) is 0 Å². The summed E-state index contributed by atoms with van der Waals surface area (Å²) in [4.78, 5) is 23.4. The smallest absolute Gasteiger partial charge is 0.327 e. The summed E-state index contributed by atoms with van der Waals surface area (Å²) < 4.78 is 18.4. The van der Waals surface area contributed by atoms with Gasteiger partial charge in [-0.2, -0.15) is 9.97 Å². The van der Waals surface area contributed by atoms with E-state index < -0.39 is 0 Å². The van der Waals surface area contributed by atoms with Crippen LogP contribution in [0.2, 0.25) is 0 Å². The number of unbranched alkanes of at least 4 members (excludes halogenated alkanes) is 1. The van der Waals surface area contributed by atoms with Crippen molar-refractivity contribution in [2.75, 3.05) is 32.2 Å². The zero-order valence-corrected chi connectivity index (χ0v) is 15.9. The summed E-state index contributed by atoms with van der Waals surface area (Å²) in [6.07, 6.45) is 6.19. The predicted octanol–water partition coefficient (Wildman–Crippen LogP) is 1.86. The molecule has 9 heteroatoms. The number of hydrogen-bond acceptors (Lipinski definition) is 7. The number of nitrogens with one attached hydrogen (secondary N) is 1. The van der Waals surface area contributed by atoms with Gasteiger partial charge in [-0.15, -0.1) is 0 Å². The van der Waals surface area contributed by atoms with Gasteiger partial charge < -0.3 is 24.9 Å². The zero-order chi connectivity index (χ0) is 19.1. The molecule has 9 nitrogen and oxygen atoms in total. The molecule has 1 aliphatic rings. The van der Waals surface area contributed by atoms with Gasteiger partial charge in [-0.3, -0.25) is 4.57 Å². The van der Waals surface area contributed by atoms with Gasteiger partial charge in [0.25, 0.3) is 0 Å². The summed E-state index contributed by atoms with van der Waals surface area (Å²) in [6, 6.07) is 0.201. The van der Waals surface area contributed by atoms with E-state index in [0.29, 0.717) is 44.0 Å². The Balaban J connectivity index is 1.57. The molecular weight excluding hydrogens is 350 g/mol. The minimum Gasteiger partial charge on any atom is -0.463 e. The number of anilines is 1. The van der Waals surface area contributed by atoms with E-state index in [0.717, 1.165) is 32.3 Å². The molecule has 1 atom stereocenters. The van der Waals surface area contributed by atoms with Gasteiger partial charge in [0.1, 0.15) is 5.52 Å². The number of aromatic amines is 1. The van der Waals surface area contributed by atoms with E-state index in [1.165, 1.54) is 6.42 Å². The number of aromatic nitrogens is 4. The number of nitrogens with two attached hydrogens (primary N) is 1. The molecule has 1 saturated heterocycles. The van der Waals surface area contributed by atoms with Crippen molar-refractivity contribution in [3.05, 3.63) is 10.5 Å². The van der Waals surface area contributed by atoms with Crippen LogP contribution < -0.4 is 16.2 Å². The molecule has 1 aliphatic heterocycles. The second-order valence-electron chi connectivity index (χ2n) is 6.79. The van der Waals surface area contributed by atoms with Crippen LogP contribution in [0.1, 0.15) is 45.4 Å². The number of fused-ring (bicyclic) bond motifs is 1. The Morgan fingerprint density at radius 3 is 2.96 bits per heavy atom. The highest BCUT2D eigenvalue weighted by Crippen LogP contribution is 2.18. The zero-order valence-electron chi connectivity index (χ0n) is 15.9. The van der Waals surface area contributed by atoms with Crippen molar-refractivity contribution in [3.8, 4) is 6.01 Å². The Kier molecular flexibility index (Phi) is 7.05. The van der Waals surface area contributed by atoms with Crippen LogP contribution in [-0.4, -0.2) is 52.1 Å². The first-order chi connectivity index (χ1) is 13.2. The number of ether oxygens (including phenoxy) is 3. The number of rotatable bonds is 10. The van der Waals surface area contributed by atoms with E-state index in [2.05, 4.69) is 21.9 Å². The van der Waals surface area contributed by atoms with Gasteiger partial charge in [0, 0.05) is 19.8 Å². The van der Waals surface area contributed by atoms with E-state index in [4.69, 9.17) is 19.9 Å². The highest BCUT2D eigenvalue weighted by molar-refractivity contribution is 5.81. The van der Waals surface area contributed by atoms with Crippen molar-refractivity contribution in [1.29, 1.82) is 0 Å². The number of imidazole rings is 1. The fourth-order valence-corrected chi connectivity index (χ4v) is 3.09. The van der Waals surface area contributed by atoms with Gasteiger partial charge in [-0.25, -0.2) is 4.79 Å². The Bertz CT molecular complexity index is 782. The molecule has 0 aromatic carbocycles. The van der Waals surface area contributed by atoms with Gasteiger partial charge in [-0.05, 0) is 32.1 Å². The Morgan fingerprint density at radius 2 is 2.19 bits per heavy atom. The monoisotopic (exact) mass is 379 g/mol. The predicted molar refractivity (Wildman–Crippen MR) is 102 cm³/mol. The van der Waals surface area contributed by atoms with Crippen LogP contribution in [0.25, 0.3) is 11.2 Å². The molecule has 0 spiro atoms. The van der Waals surface area contributed by atoms with Crippen LogP contribution in [0.15, 0.2) is 4.79 Å². The molecule has 2 aromatic heterocycles. The lowest BCUT2D eigenvalue weighted by Gasteiger charge is -2.22. The van der Waals surface area contributed by atoms with Crippen molar-refractivity contribution >= 4 is 17.0 Å². The molecule has 3 rings (SSSR count). The first-order valence-electron chi connectivity index (χ1n) is 9.77. The van der Waals surface area contributed by atoms with Gasteiger partial charge >= 0.3 is 11.7 Å². The van der Waals surface area contributed by atoms with E-state index in [1.54, 1.807) is 4.57 Å². The third-order valence-electron chi connectivity index (χ3n) is 4.61. The fourth-order valence-electron chi connectivity index (χ4n) is 3.09. The summed E-state index contributed by atoms with van der Waals surface area (Å²) in [5.74, 6) is 0.216. The number of aryl methyl sites for hydroxylation is 1. The van der Waals surface area contributed by atoms with Crippen LogP contribution in [0.5, 0.6) is 6.01 Å². The topological polar surface area (TPSA) is 117 Å². The van der Waals surface area contributed by atoms with Crippen molar-refractivity contribution in [2.24, 2.45) is 0 Å². The molecule has 3 N–H and O–H groups in total. The summed E-state index contributed by atoms with van der Waals surface area (Å²) in [6.45, 7) is 5.06. The maximum absolute atomic E-state index is 12.3. The van der Waals surface area contributed by atoms with Crippen molar-refractivity contribution in [3.63, 3.8) is 0 Å². The van der Waals surface area contributed by atoms with Crippen LogP contribution in [0.4, 0.5) is 5.82 Å². The quantitative estimate of drug-likeness (QED) is 0.605. The first kappa shape index (κ1) is 19.6. The van der Waals surface area contributed by atoms with Crippen LogP contribution in [0.3, 0.4) is 0 Å². The van der Waals surface area contributed by atoms with Gasteiger partial charge in [0.05, 0.1) is 19.3 Å². The number of nitrogens with zero attached hydrogens (tertiary/aromatic N) is 3. The molecule has 1 unspecified atom stereocenters. The van der Waals surface area contributed by atoms with Gasteiger partial charge in [0.2, 0.25) is 0 Å². The first-order valence-corrected chi connectivity index (χ1v) is 9.77. The second kappa shape index (κ2) is 9.70. The summed E-state index contributed by atoms with van der Waals surface area (Å²) in [5.41, 5.74) is 6.60. The lowest BCUT2D eigenvalue weighted by molar-refractivity contribution is -0.0412. The number of H-pyrrole nitrogens is 1. The average molecular weight is 379 g/mol. The van der Waals surface area contributed by atoms with E-state index >= 15 is 0 Å². The lowest BCUT2D eigenvalue weighted by Crippen LogP contribution is -2.25. The van der Waals surface area contributed by atoms with Gasteiger partial charge in [-0.1, -0.05) is 13.3 Å². The summed E-state index contributed by atoms with van der Waals surface area (Å²) in [7, 11) is 0. The highest BCUT2D eigenvalue weighted by atomic mass is 16.5. The molecule has 3 heterocycles. The minimum absolute atomic E-state index is 0.199. The Labute approximate surface area is 158 Å².